The van der Waals surface area contributed by atoms with Crippen molar-refractivity contribution in [1.82, 2.24) is 0 Å². The molecule has 29 heavy (non-hydrogen) atoms. The lowest BCUT2D eigenvalue weighted by molar-refractivity contribution is -0.0603. The third-order valence-electron chi connectivity index (χ3n) is 6.91. The van der Waals surface area contributed by atoms with Crippen LogP contribution in [0, 0.1) is 17.8 Å². The molecule has 2 fully saturated rings. The molecule has 4 nitrogen and oxygen atoms in total. The second-order valence-corrected chi connectivity index (χ2v) is 9.77. The molecule has 2 heterocycles. The molecule has 1 unspecified atom stereocenters. The molecular formula is C25H44O4. The first kappa shape index (κ1) is 24.6. The smallest absolute Gasteiger partial charge is 0.0929 e. The minimum absolute atomic E-state index is 0.136. The fourth-order valence-corrected chi connectivity index (χ4v) is 5.17. The van der Waals surface area contributed by atoms with Gasteiger partial charge in [-0.05, 0) is 63.9 Å². The van der Waals surface area contributed by atoms with Gasteiger partial charge in [-0.2, -0.15) is 0 Å². The molecule has 0 bridgehead atoms. The van der Waals surface area contributed by atoms with Crippen LogP contribution in [0.1, 0.15) is 74.1 Å². The van der Waals surface area contributed by atoms with Crippen LogP contribution in [0.15, 0.2) is 23.8 Å². The third kappa shape index (κ3) is 6.40. The molecule has 9 atom stereocenters. The third-order valence-corrected chi connectivity index (χ3v) is 6.91. The van der Waals surface area contributed by atoms with E-state index in [9.17, 15) is 5.11 Å². The molecule has 0 spiro atoms. The molecule has 0 aromatic heterocycles. The fraction of sp³-hybridized carbons (Fsp3) is 0.840. The summed E-state index contributed by atoms with van der Waals surface area (Å²) in [5.74, 6) is 1.17. The number of ether oxygens (including phenoxy) is 3. The minimum atomic E-state index is -0.495. The maximum absolute atomic E-state index is 9.93. The Morgan fingerprint density at radius 1 is 1.28 bits per heavy atom. The number of aliphatic hydroxyl groups is 1. The summed E-state index contributed by atoms with van der Waals surface area (Å²) in [6, 6.07) is 0. The van der Waals surface area contributed by atoms with Crippen molar-refractivity contribution in [2.75, 3.05) is 7.11 Å². The van der Waals surface area contributed by atoms with Crippen molar-refractivity contribution in [2.24, 2.45) is 17.8 Å². The van der Waals surface area contributed by atoms with Crippen LogP contribution >= 0.6 is 0 Å². The molecule has 0 radical (unpaired) electrons. The Kier molecular flexibility index (Phi) is 8.96. The SMILES string of the molecule is CC[C@H]1CC[C@H](C)[C@@H](/C(C)=C/C=C/[C@@H](C)CC2(C)O[C@@H]2[C@H](C)[C@@H](OC)[C@@H](C)O)O1. The Labute approximate surface area is 178 Å². The molecule has 0 saturated carbocycles. The van der Waals surface area contributed by atoms with Crippen LogP contribution in [-0.2, 0) is 14.2 Å². The Hall–Kier alpha value is -0.680. The lowest BCUT2D eigenvalue weighted by Crippen LogP contribution is -2.36. The quantitative estimate of drug-likeness (QED) is 0.394. The van der Waals surface area contributed by atoms with Gasteiger partial charge < -0.3 is 19.3 Å². The first-order valence-electron chi connectivity index (χ1n) is 11.5. The summed E-state index contributed by atoms with van der Waals surface area (Å²) >= 11 is 0. The first-order valence-corrected chi connectivity index (χ1v) is 11.5. The van der Waals surface area contributed by atoms with Gasteiger partial charge in [0.25, 0.3) is 0 Å². The largest absolute Gasteiger partial charge is 0.391 e. The fourth-order valence-electron chi connectivity index (χ4n) is 5.17. The van der Waals surface area contributed by atoms with E-state index in [1.807, 2.05) is 0 Å². The summed E-state index contributed by atoms with van der Waals surface area (Å²) in [5.41, 5.74) is 1.18. The highest BCUT2D eigenvalue weighted by Crippen LogP contribution is 2.47. The van der Waals surface area contributed by atoms with Crippen LogP contribution < -0.4 is 0 Å². The van der Waals surface area contributed by atoms with Crippen LogP contribution in [-0.4, -0.2) is 48.3 Å². The summed E-state index contributed by atoms with van der Waals surface area (Å²) in [6.45, 7) is 15.0. The van der Waals surface area contributed by atoms with E-state index in [4.69, 9.17) is 14.2 Å². The number of hydrogen-bond donors (Lipinski definition) is 1. The summed E-state index contributed by atoms with van der Waals surface area (Å²) < 4.78 is 17.8. The Morgan fingerprint density at radius 2 is 1.97 bits per heavy atom. The molecule has 0 aromatic rings. The average molecular weight is 409 g/mol. The number of epoxide rings is 1. The van der Waals surface area contributed by atoms with Crippen LogP contribution in [0.5, 0.6) is 0 Å². The second-order valence-electron chi connectivity index (χ2n) is 9.77. The highest BCUT2D eigenvalue weighted by Gasteiger charge is 2.56. The van der Waals surface area contributed by atoms with E-state index in [1.165, 1.54) is 18.4 Å². The van der Waals surface area contributed by atoms with Gasteiger partial charge in [-0.1, -0.05) is 45.9 Å². The Bertz CT molecular complexity index is 569. The molecule has 168 valence electrons. The van der Waals surface area contributed by atoms with Crippen LogP contribution in [0.2, 0.25) is 0 Å². The van der Waals surface area contributed by atoms with Gasteiger partial charge in [0.1, 0.15) is 0 Å². The van der Waals surface area contributed by atoms with Crippen molar-refractivity contribution in [3.63, 3.8) is 0 Å². The molecule has 0 aromatic carbocycles. The van der Waals surface area contributed by atoms with Gasteiger partial charge in [-0.25, -0.2) is 0 Å². The van der Waals surface area contributed by atoms with Gasteiger partial charge in [0.15, 0.2) is 0 Å². The van der Waals surface area contributed by atoms with E-state index in [0.717, 1.165) is 12.8 Å². The number of methoxy groups -OCH3 is 1. The van der Waals surface area contributed by atoms with Crippen LogP contribution in [0.25, 0.3) is 0 Å². The minimum Gasteiger partial charge on any atom is -0.391 e. The van der Waals surface area contributed by atoms with E-state index < -0.39 is 6.10 Å². The van der Waals surface area contributed by atoms with E-state index in [0.29, 0.717) is 17.9 Å². The van der Waals surface area contributed by atoms with E-state index in [2.05, 4.69) is 59.8 Å². The monoisotopic (exact) mass is 408 g/mol. The number of hydrogen-bond acceptors (Lipinski definition) is 4. The van der Waals surface area contributed by atoms with Crippen molar-refractivity contribution in [1.29, 1.82) is 0 Å². The van der Waals surface area contributed by atoms with Gasteiger partial charge in [0.2, 0.25) is 0 Å². The molecule has 2 rings (SSSR count). The highest BCUT2D eigenvalue weighted by molar-refractivity contribution is 5.17. The van der Waals surface area contributed by atoms with Gasteiger partial charge in [-0.3, -0.25) is 0 Å². The normalized spacial score (nSPS) is 37.3. The molecule has 2 aliphatic rings. The Morgan fingerprint density at radius 3 is 2.55 bits per heavy atom. The Balaban J connectivity index is 1.88. The maximum atomic E-state index is 9.93. The molecule has 1 N–H and O–H groups in total. The summed E-state index contributed by atoms with van der Waals surface area (Å²) in [4.78, 5) is 0. The summed E-state index contributed by atoms with van der Waals surface area (Å²) in [7, 11) is 1.66. The molecule has 2 saturated heterocycles. The number of allylic oxidation sites excluding steroid dienone is 3. The van der Waals surface area contributed by atoms with Crippen molar-refractivity contribution in [3.05, 3.63) is 23.8 Å². The molecule has 2 aliphatic heterocycles. The van der Waals surface area contributed by atoms with Crippen molar-refractivity contribution >= 4 is 0 Å². The summed E-state index contributed by atoms with van der Waals surface area (Å²) in [6.07, 6.45) is 11.3. The van der Waals surface area contributed by atoms with Gasteiger partial charge in [-0.15, -0.1) is 0 Å². The molecule has 4 heteroatoms. The van der Waals surface area contributed by atoms with Crippen LogP contribution in [0.3, 0.4) is 0 Å². The zero-order valence-electron chi connectivity index (χ0n) is 19.9. The van der Waals surface area contributed by atoms with Crippen molar-refractivity contribution in [3.8, 4) is 0 Å². The van der Waals surface area contributed by atoms with Gasteiger partial charge >= 0.3 is 0 Å². The second kappa shape index (κ2) is 10.6. The van der Waals surface area contributed by atoms with E-state index >= 15 is 0 Å². The predicted molar refractivity (Wildman–Crippen MR) is 119 cm³/mol. The zero-order valence-corrected chi connectivity index (χ0v) is 19.9. The molecule has 0 aliphatic carbocycles. The molecule has 0 amide bonds. The van der Waals surface area contributed by atoms with Gasteiger partial charge in [0.05, 0.1) is 36.1 Å². The maximum Gasteiger partial charge on any atom is 0.0929 e. The van der Waals surface area contributed by atoms with Gasteiger partial charge in [0, 0.05) is 13.0 Å². The van der Waals surface area contributed by atoms with Crippen molar-refractivity contribution in [2.45, 2.75) is 110 Å². The number of rotatable bonds is 10. The summed E-state index contributed by atoms with van der Waals surface area (Å²) in [5, 5.41) is 9.93. The highest BCUT2D eigenvalue weighted by atomic mass is 16.6. The van der Waals surface area contributed by atoms with E-state index in [-0.39, 0.29) is 29.8 Å². The van der Waals surface area contributed by atoms with E-state index in [1.54, 1.807) is 14.0 Å². The lowest BCUT2D eigenvalue weighted by atomic mass is 9.85. The number of aliphatic hydroxyl groups excluding tert-OH is 1. The predicted octanol–water partition coefficient (Wildman–Crippen LogP) is 5.30. The lowest BCUT2D eigenvalue weighted by Gasteiger charge is -2.35. The standard InChI is InChI=1S/C25H44O4/c1-9-21-14-13-18(4)22(28-21)17(3)12-10-11-16(2)15-25(7)24(29-25)19(5)23(27-8)20(6)26/h10-12,16,18-24,26H,9,13-15H2,1-8H3/b11-10+,17-12+/t16-,18+,19-,20-,21+,22-,23-,24-,25?/m1/s1. The first-order chi connectivity index (χ1) is 13.6. The topological polar surface area (TPSA) is 51.2 Å². The van der Waals surface area contributed by atoms with Crippen LogP contribution in [0.4, 0.5) is 0 Å². The average Bonchev–Trinajstić information content (AvgIpc) is 3.32. The molecular weight excluding hydrogens is 364 g/mol. The van der Waals surface area contributed by atoms with Crippen molar-refractivity contribution < 1.29 is 19.3 Å². The zero-order chi connectivity index (χ0) is 21.8.